The summed E-state index contributed by atoms with van der Waals surface area (Å²) in [5.41, 5.74) is 0.366. The van der Waals surface area contributed by atoms with Crippen molar-refractivity contribution in [1.82, 2.24) is 10.2 Å². The lowest BCUT2D eigenvalue weighted by Crippen LogP contribution is -2.60. The second kappa shape index (κ2) is 3.97. The van der Waals surface area contributed by atoms with E-state index < -0.39 is 0 Å². The third-order valence-electron chi connectivity index (χ3n) is 3.28. The summed E-state index contributed by atoms with van der Waals surface area (Å²) in [5.74, 6) is 0. The first-order valence-electron chi connectivity index (χ1n) is 5.47. The van der Waals surface area contributed by atoms with E-state index in [2.05, 4.69) is 44.8 Å². The fourth-order valence-corrected chi connectivity index (χ4v) is 2.04. The molecule has 2 unspecified atom stereocenters. The van der Waals surface area contributed by atoms with Gasteiger partial charge in [-0.25, -0.2) is 0 Å². The Morgan fingerprint density at radius 3 is 2.08 bits per heavy atom. The molecule has 0 aliphatic carbocycles. The summed E-state index contributed by atoms with van der Waals surface area (Å²) < 4.78 is 0. The summed E-state index contributed by atoms with van der Waals surface area (Å²) in [6, 6.07) is 1.27. The highest BCUT2D eigenvalue weighted by Gasteiger charge is 2.30. The summed E-state index contributed by atoms with van der Waals surface area (Å²) >= 11 is 0. The number of hydrogen-bond donors (Lipinski definition) is 1. The zero-order valence-corrected chi connectivity index (χ0v) is 9.72. The van der Waals surface area contributed by atoms with Crippen molar-refractivity contribution in [3.8, 4) is 0 Å². The zero-order valence-electron chi connectivity index (χ0n) is 9.72. The SMILES string of the molecule is CCC(C)(C)N1CC(C)NC(C)C1. The lowest BCUT2D eigenvalue weighted by Gasteiger charge is -2.45. The summed E-state index contributed by atoms with van der Waals surface area (Å²) in [6.07, 6.45) is 1.23. The normalized spacial score (nSPS) is 32.1. The Morgan fingerprint density at radius 2 is 1.69 bits per heavy atom. The van der Waals surface area contributed by atoms with Crippen LogP contribution in [0.25, 0.3) is 0 Å². The van der Waals surface area contributed by atoms with E-state index in [1.807, 2.05) is 0 Å². The predicted molar refractivity (Wildman–Crippen MR) is 58.0 cm³/mol. The van der Waals surface area contributed by atoms with Crippen molar-refractivity contribution in [2.75, 3.05) is 13.1 Å². The molecule has 1 rings (SSSR count). The molecule has 1 fully saturated rings. The molecular weight excluding hydrogens is 160 g/mol. The Kier molecular flexibility index (Phi) is 3.36. The molecule has 78 valence electrons. The molecule has 0 radical (unpaired) electrons. The third kappa shape index (κ3) is 2.68. The second-order valence-corrected chi connectivity index (χ2v) is 5.04. The summed E-state index contributed by atoms with van der Waals surface area (Å²) in [4.78, 5) is 2.61. The molecule has 2 atom stereocenters. The molecule has 0 bridgehead atoms. The van der Waals surface area contributed by atoms with Crippen molar-refractivity contribution < 1.29 is 0 Å². The highest BCUT2D eigenvalue weighted by Crippen LogP contribution is 2.21. The summed E-state index contributed by atoms with van der Waals surface area (Å²) in [5, 5.41) is 3.56. The van der Waals surface area contributed by atoms with Crippen molar-refractivity contribution >= 4 is 0 Å². The van der Waals surface area contributed by atoms with Crippen molar-refractivity contribution in [2.24, 2.45) is 0 Å². The number of nitrogens with zero attached hydrogens (tertiary/aromatic N) is 1. The average molecular weight is 184 g/mol. The molecule has 1 saturated heterocycles. The minimum absolute atomic E-state index is 0.366. The first-order chi connectivity index (χ1) is 5.95. The van der Waals surface area contributed by atoms with Gasteiger partial charge in [-0.15, -0.1) is 0 Å². The van der Waals surface area contributed by atoms with E-state index in [0.717, 1.165) is 0 Å². The van der Waals surface area contributed by atoms with Gasteiger partial charge in [0.2, 0.25) is 0 Å². The standard InChI is InChI=1S/C11H24N2/c1-6-11(4,5)13-7-9(2)12-10(3)8-13/h9-10,12H,6-8H2,1-5H3. The van der Waals surface area contributed by atoms with Crippen molar-refractivity contribution in [1.29, 1.82) is 0 Å². The Bertz CT molecular complexity index is 155. The van der Waals surface area contributed by atoms with Crippen LogP contribution in [0.5, 0.6) is 0 Å². The van der Waals surface area contributed by atoms with Crippen molar-refractivity contribution in [3.05, 3.63) is 0 Å². The smallest absolute Gasteiger partial charge is 0.0169 e. The Hall–Kier alpha value is -0.0800. The Labute approximate surface area is 82.7 Å². The van der Waals surface area contributed by atoms with E-state index in [4.69, 9.17) is 0 Å². The van der Waals surface area contributed by atoms with E-state index in [9.17, 15) is 0 Å². The monoisotopic (exact) mass is 184 g/mol. The fourth-order valence-electron chi connectivity index (χ4n) is 2.04. The quantitative estimate of drug-likeness (QED) is 0.704. The van der Waals surface area contributed by atoms with Crippen LogP contribution >= 0.6 is 0 Å². The van der Waals surface area contributed by atoms with Crippen molar-refractivity contribution in [2.45, 2.75) is 58.7 Å². The third-order valence-corrected chi connectivity index (χ3v) is 3.28. The van der Waals surface area contributed by atoms with Crippen LogP contribution in [0.3, 0.4) is 0 Å². The van der Waals surface area contributed by atoms with Gasteiger partial charge in [0.05, 0.1) is 0 Å². The minimum Gasteiger partial charge on any atom is -0.309 e. The lowest BCUT2D eigenvalue weighted by molar-refractivity contribution is 0.0645. The molecule has 0 aromatic heterocycles. The van der Waals surface area contributed by atoms with Gasteiger partial charge < -0.3 is 5.32 Å². The number of hydrogen-bond acceptors (Lipinski definition) is 2. The van der Waals surface area contributed by atoms with E-state index in [1.165, 1.54) is 19.5 Å². The molecule has 0 amide bonds. The van der Waals surface area contributed by atoms with Crippen LogP contribution in [0.15, 0.2) is 0 Å². The van der Waals surface area contributed by atoms with E-state index in [1.54, 1.807) is 0 Å². The van der Waals surface area contributed by atoms with Gasteiger partial charge >= 0.3 is 0 Å². The van der Waals surface area contributed by atoms with Crippen LogP contribution in [0.4, 0.5) is 0 Å². The van der Waals surface area contributed by atoms with Crippen LogP contribution in [-0.2, 0) is 0 Å². The largest absolute Gasteiger partial charge is 0.309 e. The van der Waals surface area contributed by atoms with Gasteiger partial charge in [0, 0.05) is 30.7 Å². The molecule has 0 spiro atoms. The first-order valence-corrected chi connectivity index (χ1v) is 5.47. The van der Waals surface area contributed by atoms with Gasteiger partial charge in [0.15, 0.2) is 0 Å². The molecule has 13 heavy (non-hydrogen) atoms. The van der Waals surface area contributed by atoms with Gasteiger partial charge in [-0.3, -0.25) is 4.90 Å². The minimum atomic E-state index is 0.366. The molecular formula is C11H24N2. The maximum atomic E-state index is 3.56. The predicted octanol–water partition coefficient (Wildman–Crippen LogP) is 1.86. The average Bonchev–Trinajstić information content (AvgIpc) is 2.02. The van der Waals surface area contributed by atoms with E-state index >= 15 is 0 Å². The molecule has 0 saturated carbocycles. The van der Waals surface area contributed by atoms with Gasteiger partial charge in [-0.05, 0) is 34.1 Å². The molecule has 1 heterocycles. The Morgan fingerprint density at radius 1 is 1.23 bits per heavy atom. The topological polar surface area (TPSA) is 15.3 Å². The van der Waals surface area contributed by atoms with Crippen LogP contribution in [0.2, 0.25) is 0 Å². The zero-order chi connectivity index (χ0) is 10.1. The van der Waals surface area contributed by atoms with Gasteiger partial charge in [-0.2, -0.15) is 0 Å². The Balaban J connectivity index is 2.59. The molecule has 2 heteroatoms. The van der Waals surface area contributed by atoms with Gasteiger partial charge in [-0.1, -0.05) is 6.92 Å². The molecule has 1 aliphatic rings. The second-order valence-electron chi connectivity index (χ2n) is 5.04. The maximum absolute atomic E-state index is 3.56. The number of rotatable bonds is 2. The first kappa shape index (κ1) is 11.0. The molecule has 1 aliphatic heterocycles. The maximum Gasteiger partial charge on any atom is 0.0169 e. The molecule has 0 aromatic carbocycles. The highest BCUT2D eigenvalue weighted by atomic mass is 15.3. The van der Waals surface area contributed by atoms with Crippen LogP contribution < -0.4 is 5.32 Å². The molecule has 0 aromatic rings. The lowest BCUT2D eigenvalue weighted by atomic mass is 9.96. The van der Waals surface area contributed by atoms with Crippen LogP contribution in [0, 0.1) is 0 Å². The number of piperazine rings is 1. The number of nitrogens with one attached hydrogen (secondary N) is 1. The fraction of sp³-hybridized carbons (Fsp3) is 1.00. The highest BCUT2D eigenvalue weighted by molar-refractivity contribution is 4.89. The van der Waals surface area contributed by atoms with Crippen molar-refractivity contribution in [3.63, 3.8) is 0 Å². The summed E-state index contributed by atoms with van der Waals surface area (Å²) in [6.45, 7) is 13.9. The van der Waals surface area contributed by atoms with Gasteiger partial charge in [0.25, 0.3) is 0 Å². The van der Waals surface area contributed by atoms with E-state index in [-0.39, 0.29) is 0 Å². The molecule has 1 N–H and O–H groups in total. The van der Waals surface area contributed by atoms with Crippen LogP contribution in [0.1, 0.15) is 41.0 Å². The van der Waals surface area contributed by atoms with E-state index in [0.29, 0.717) is 17.6 Å². The summed E-state index contributed by atoms with van der Waals surface area (Å²) in [7, 11) is 0. The van der Waals surface area contributed by atoms with Gasteiger partial charge in [0.1, 0.15) is 0 Å². The van der Waals surface area contributed by atoms with Crippen LogP contribution in [-0.4, -0.2) is 35.6 Å². The molecule has 2 nitrogen and oxygen atoms in total.